The second kappa shape index (κ2) is 5.55. The summed E-state index contributed by atoms with van der Waals surface area (Å²) in [6, 6.07) is 2.81. The Hall–Kier alpha value is -2.64. The highest BCUT2D eigenvalue weighted by atomic mass is 19.1. The summed E-state index contributed by atoms with van der Waals surface area (Å²) in [6.45, 7) is -0.528. The predicted molar refractivity (Wildman–Crippen MR) is 65.0 cm³/mol. The molecule has 1 aliphatic rings. The molecule has 1 aromatic carbocycles. The van der Waals surface area contributed by atoms with Gasteiger partial charge in [-0.1, -0.05) is 0 Å². The van der Waals surface area contributed by atoms with Gasteiger partial charge in [-0.25, -0.2) is 14.0 Å². The molecular formula is C12H11FN2O5. The first-order valence-electron chi connectivity index (χ1n) is 5.73. The maximum Gasteiger partial charge on any atom is 0.341 e. The molecule has 0 saturated carbocycles. The van der Waals surface area contributed by atoms with Crippen molar-refractivity contribution in [1.29, 1.82) is 0 Å². The Morgan fingerprint density at radius 1 is 1.45 bits per heavy atom. The number of urea groups is 1. The zero-order valence-corrected chi connectivity index (χ0v) is 10.3. The van der Waals surface area contributed by atoms with E-state index in [9.17, 15) is 18.8 Å². The molecule has 3 amide bonds. The third kappa shape index (κ3) is 3.02. The van der Waals surface area contributed by atoms with Crippen LogP contribution in [0.5, 0.6) is 5.75 Å². The summed E-state index contributed by atoms with van der Waals surface area (Å²) in [7, 11) is 0. The van der Waals surface area contributed by atoms with E-state index in [-0.39, 0.29) is 24.4 Å². The number of halogens is 1. The van der Waals surface area contributed by atoms with Gasteiger partial charge < -0.3 is 9.84 Å². The lowest BCUT2D eigenvalue weighted by Crippen LogP contribution is -2.49. The first kappa shape index (κ1) is 13.8. The zero-order valence-electron chi connectivity index (χ0n) is 10.3. The van der Waals surface area contributed by atoms with Gasteiger partial charge in [-0.15, -0.1) is 0 Å². The van der Waals surface area contributed by atoms with E-state index in [1.165, 1.54) is 12.1 Å². The fourth-order valence-corrected chi connectivity index (χ4v) is 1.73. The molecular weight excluding hydrogens is 271 g/mol. The number of imide groups is 1. The van der Waals surface area contributed by atoms with Gasteiger partial charge in [-0.3, -0.25) is 15.0 Å². The van der Waals surface area contributed by atoms with Crippen LogP contribution in [0.4, 0.5) is 14.9 Å². The summed E-state index contributed by atoms with van der Waals surface area (Å²) in [4.78, 5) is 34.1. The number of hydrogen-bond acceptors (Lipinski definition) is 4. The Morgan fingerprint density at radius 3 is 2.85 bits per heavy atom. The molecule has 1 heterocycles. The van der Waals surface area contributed by atoms with Crippen LogP contribution in [0.1, 0.15) is 6.42 Å². The van der Waals surface area contributed by atoms with Crippen molar-refractivity contribution in [3.05, 3.63) is 24.0 Å². The van der Waals surface area contributed by atoms with Crippen molar-refractivity contribution in [3.8, 4) is 5.75 Å². The number of benzene rings is 1. The van der Waals surface area contributed by atoms with Gasteiger partial charge >= 0.3 is 12.0 Å². The summed E-state index contributed by atoms with van der Waals surface area (Å²) in [5.41, 5.74) is -0.0714. The topological polar surface area (TPSA) is 95.9 Å². The van der Waals surface area contributed by atoms with Crippen LogP contribution in [0, 0.1) is 5.82 Å². The van der Waals surface area contributed by atoms with Gasteiger partial charge in [0.1, 0.15) is 11.6 Å². The molecule has 1 aromatic rings. The molecule has 0 aromatic heterocycles. The highest BCUT2D eigenvalue weighted by Gasteiger charge is 2.26. The smallest absolute Gasteiger partial charge is 0.341 e. The third-order valence-corrected chi connectivity index (χ3v) is 2.62. The van der Waals surface area contributed by atoms with Crippen LogP contribution >= 0.6 is 0 Å². The van der Waals surface area contributed by atoms with E-state index in [0.29, 0.717) is 0 Å². The molecule has 20 heavy (non-hydrogen) atoms. The fourth-order valence-electron chi connectivity index (χ4n) is 1.73. The molecule has 2 N–H and O–H groups in total. The molecule has 0 spiro atoms. The number of aliphatic carboxylic acids is 1. The van der Waals surface area contributed by atoms with Crippen molar-refractivity contribution in [1.82, 2.24) is 5.32 Å². The molecule has 0 unspecified atom stereocenters. The maximum absolute atomic E-state index is 13.7. The molecule has 7 nitrogen and oxygen atoms in total. The number of rotatable bonds is 4. The van der Waals surface area contributed by atoms with Crippen LogP contribution < -0.4 is 15.0 Å². The van der Waals surface area contributed by atoms with Crippen molar-refractivity contribution in [2.45, 2.75) is 6.42 Å². The highest BCUT2D eigenvalue weighted by molar-refractivity contribution is 6.05. The molecule has 106 valence electrons. The molecule has 0 aliphatic carbocycles. The number of carbonyl (C=O) groups excluding carboxylic acids is 2. The summed E-state index contributed by atoms with van der Waals surface area (Å²) < 4.78 is 18.7. The van der Waals surface area contributed by atoms with E-state index in [2.05, 4.69) is 5.32 Å². The van der Waals surface area contributed by atoms with Crippen molar-refractivity contribution < 1.29 is 28.6 Å². The van der Waals surface area contributed by atoms with Crippen LogP contribution in [0.25, 0.3) is 0 Å². The standard InChI is InChI=1S/C12H11FN2O5/c13-8-2-1-7(20-6-11(17)18)5-9(8)15-4-3-10(16)14-12(15)19/h1-2,5H,3-4,6H2,(H,17,18)(H,14,16,19). The van der Waals surface area contributed by atoms with E-state index in [1.54, 1.807) is 0 Å². The SMILES string of the molecule is O=C(O)COc1ccc(F)c(N2CCC(=O)NC2=O)c1. The average molecular weight is 282 g/mol. The Labute approximate surface area is 112 Å². The second-order valence-electron chi connectivity index (χ2n) is 4.05. The normalized spacial score (nSPS) is 14.9. The quantitative estimate of drug-likeness (QED) is 0.849. The second-order valence-corrected chi connectivity index (χ2v) is 4.05. The van der Waals surface area contributed by atoms with Gasteiger partial charge in [0.05, 0.1) is 5.69 Å². The monoisotopic (exact) mass is 282 g/mol. The molecule has 2 rings (SSSR count). The van der Waals surface area contributed by atoms with Gasteiger partial charge in [-0.05, 0) is 12.1 Å². The first-order chi connectivity index (χ1) is 9.47. The van der Waals surface area contributed by atoms with E-state index >= 15 is 0 Å². The largest absolute Gasteiger partial charge is 0.482 e. The lowest BCUT2D eigenvalue weighted by molar-refractivity contribution is -0.139. The molecule has 0 bridgehead atoms. The maximum atomic E-state index is 13.7. The summed E-state index contributed by atoms with van der Waals surface area (Å²) in [5, 5.41) is 10.6. The van der Waals surface area contributed by atoms with Crippen LogP contribution in [0.3, 0.4) is 0 Å². The minimum Gasteiger partial charge on any atom is -0.482 e. The minimum absolute atomic E-state index is 0.0456. The number of amides is 3. The van der Waals surface area contributed by atoms with Crippen molar-refractivity contribution >= 4 is 23.6 Å². The number of ether oxygens (including phenoxy) is 1. The van der Waals surface area contributed by atoms with Crippen molar-refractivity contribution in [3.63, 3.8) is 0 Å². The van der Waals surface area contributed by atoms with Crippen LogP contribution in [0.15, 0.2) is 18.2 Å². The molecule has 1 saturated heterocycles. The molecule has 0 radical (unpaired) electrons. The van der Waals surface area contributed by atoms with Gasteiger partial charge in [-0.2, -0.15) is 0 Å². The number of nitrogens with one attached hydrogen (secondary N) is 1. The Morgan fingerprint density at radius 2 is 2.20 bits per heavy atom. The van der Waals surface area contributed by atoms with E-state index in [1.807, 2.05) is 0 Å². The number of hydrogen-bond donors (Lipinski definition) is 2. The fraction of sp³-hybridized carbons (Fsp3) is 0.250. The average Bonchev–Trinajstić information content (AvgIpc) is 2.38. The summed E-state index contributed by atoms with van der Waals surface area (Å²) in [5.74, 6) is -2.15. The Balaban J connectivity index is 2.22. The number of carboxylic acid groups (broad SMARTS) is 1. The van der Waals surface area contributed by atoms with Gasteiger partial charge in [0.2, 0.25) is 5.91 Å². The van der Waals surface area contributed by atoms with Crippen LogP contribution in [0.2, 0.25) is 0 Å². The lowest BCUT2D eigenvalue weighted by Gasteiger charge is -2.27. The predicted octanol–water partition coefficient (Wildman–Crippen LogP) is 0.735. The number of carbonyl (C=O) groups is 3. The zero-order chi connectivity index (χ0) is 14.7. The third-order valence-electron chi connectivity index (χ3n) is 2.62. The molecule has 0 atom stereocenters. The van der Waals surface area contributed by atoms with Crippen molar-refractivity contribution in [2.24, 2.45) is 0 Å². The van der Waals surface area contributed by atoms with Crippen molar-refractivity contribution in [2.75, 3.05) is 18.1 Å². The number of anilines is 1. The Bertz CT molecular complexity index is 575. The highest BCUT2D eigenvalue weighted by Crippen LogP contribution is 2.26. The number of carboxylic acids is 1. The van der Waals surface area contributed by atoms with Gasteiger partial charge in [0, 0.05) is 19.0 Å². The van der Waals surface area contributed by atoms with Gasteiger partial charge in [0.15, 0.2) is 6.61 Å². The molecule has 1 fully saturated rings. The van der Waals surface area contributed by atoms with Gasteiger partial charge in [0.25, 0.3) is 0 Å². The van der Waals surface area contributed by atoms with Crippen LogP contribution in [-0.2, 0) is 9.59 Å². The van der Waals surface area contributed by atoms with E-state index in [4.69, 9.17) is 9.84 Å². The molecule has 8 heteroatoms. The lowest BCUT2D eigenvalue weighted by atomic mass is 10.2. The summed E-state index contributed by atoms with van der Waals surface area (Å²) in [6.07, 6.45) is 0.0609. The molecule has 1 aliphatic heterocycles. The number of nitrogens with zero attached hydrogens (tertiary/aromatic N) is 1. The van der Waals surface area contributed by atoms with Crippen LogP contribution in [-0.4, -0.2) is 36.2 Å². The summed E-state index contributed by atoms with van der Waals surface area (Å²) >= 11 is 0. The van der Waals surface area contributed by atoms with E-state index < -0.39 is 30.3 Å². The minimum atomic E-state index is -1.17. The van der Waals surface area contributed by atoms with E-state index in [0.717, 1.165) is 11.0 Å². The Kier molecular flexibility index (Phi) is 3.83. The first-order valence-corrected chi connectivity index (χ1v) is 5.73.